The van der Waals surface area contributed by atoms with E-state index in [1.807, 2.05) is 12.3 Å². The first-order valence-corrected chi connectivity index (χ1v) is 7.24. The topological polar surface area (TPSA) is 17.2 Å². The monoisotopic (exact) mass is 468 g/mol. The molecule has 0 unspecified atom stereocenters. The molecule has 1 aromatic heterocycles. The van der Waals surface area contributed by atoms with Crippen LogP contribution in [0.25, 0.3) is 16.1 Å². The third-order valence-electron chi connectivity index (χ3n) is 4.44. The van der Waals surface area contributed by atoms with E-state index in [-0.39, 0.29) is 30.9 Å². The van der Waals surface area contributed by atoms with Crippen LogP contribution in [-0.4, -0.2) is 4.98 Å². The summed E-state index contributed by atoms with van der Waals surface area (Å²) in [4.78, 5) is 8.11. The molecule has 0 bridgehead atoms. The molecular weight excluding hydrogens is 448 g/mol. The number of nitrogens with zero attached hydrogens (tertiary/aromatic N) is 2. The summed E-state index contributed by atoms with van der Waals surface area (Å²) in [7, 11) is 0. The van der Waals surface area contributed by atoms with Crippen molar-refractivity contribution in [3.8, 4) is 11.3 Å². The molecule has 2 nitrogen and oxygen atoms in total. The molecule has 0 fully saturated rings. The van der Waals surface area contributed by atoms with Gasteiger partial charge in [-0.05, 0) is 34.1 Å². The van der Waals surface area contributed by atoms with Gasteiger partial charge in [-0.2, -0.15) is 6.07 Å². The fraction of sp³-hybridized carbons (Fsp3) is 0.368. The molecule has 1 aromatic carbocycles. The van der Waals surface area contributed by atoms with Crippen LogP contribution in [0.4, 0.5) is 5.69 Å². The zero-order valence-electron chi connectivity index (χ0n) is 13.3. The van der Waals surface area contributed by atoms with Crippen LogP contribution in [0.3, 0.4) is 0 Å². The van der Waals surface area contributed by atoms with Crippen molar-refractivity contribution in [2.75, 3.05) is 0 Å². The fourth-order valence-electron chi connectivity index (χ4n) is 3.67. The van der Waals surface area contributed by atoms with E-state index in [9.17, 15) is 0 Å². The number of pyridine rings is 1. The maximum Gasteiger partial charge on any atom is 0.108 e. The van der Waals surface area contributed by atoms with Crippen molar-refractivity contribution < 1.29 is 20.1 Å². The van der Waals surface area contributed by atoms with Crippen molar-refractivity contribution in [1.82, 2.24) is 4.98 Å². The van der Waals surface area contributed by atoms with Gasteiger partial charge in [0.15, 0.2) is 0 Å². The fourth-order valence-corrected chi connectivity index (χ4v) is 3.67. The van der Waals surface area contributed by atoms with Crippen LogP contribution in [0.15, 0.2) is 30.5 Å². The Balaban J connectivity index is 0.00000176. The van der Waals surface area contributed by atoms with Crippen molar-refractivity contribution in [3.05, 3.63) is 59.1 Å². The largest absolute Gasteiger partial charge is 0.304 e. The average Bonchev–Trinajstić information content (AvgIpc) is 2.64. The summed E-state index contributed by atoms with van der Waals surface area (Å²) < 4.78 is 0. The third-order valence-corrected chi connectivity index (χ3v) is 4.44. The molecule has 115 valence electrons. The third kappa shape index (κ3) is 2.74. The minimum absolute atomic E-state index is 0. The van der Waals surface area contributed by atoms with Crippen LogP contribution in [0, 0.1) is 12.6 Å². The van der Waals surface area contributed by atoms with Crippen molar-refractivity contribution in [2.24, 2.45) is 0 Å². The standard InChI is InChI=1S/C19H19N2.Ir/c1-18(2)12-19(3,4)16-11-21-17(10-15(16)18)13-7-6-8-14(9-13)20-5;/h6,8-11H,12H2,1-4H3;/q-1;. The van der Waals surface area contributed by atoms with Crippen LogP contribution in [-0.2, 0) is 30.9 Å². The summed E-state index contributed by atoms with van der Waals surface area (Å²) in [6, 6.07) is 10.8. The van der Waals surface area contributed by atoms with Crippen LogP contribution >= 0.6 is 0 Å². The van der Waals surface area contributed by atoms with Crippen LogP contribution in [0.5, 0.6) is 0 Å². The molecular formula is C19H19IrN2-. The second-order valence-electron chi connectivity index (χ2n) is 7.13. The minimum Gasteiger partial charge on any atom is -0.304 e. The number of hydrogen-bond donors (Lipinski definition) is 0. The quantitative estimate of drug-likeness (QED) is 0.536. The maximum atomic E-state index is 7.13. The predicted molar refractivity (Wildman–Crippen MR) is 85.4 cm³/mol. The first-order valence-electron chi connectivity index (χ1n) is 7.24. The molecule has 1 aliphatic carbocycles. The van der Waals surface area contributed by atoms with Gasteiger partial charge in [0.05, 0.1) is 6.57 Å². The summed E-state index contributed by atoms with van der Waals surface area (Å²) in [5.74, 6) is 0. The molecule has 22 heavy (non-hydrogen) atoms. The first-order chi connectivity index (χ1) is 9.83. The predicted octanol–water partition coefficient (Wildman–Crippen LogP) is 5.06. The van der Waals surface area contributed by atoms with Crippen molar-refractivity contribution in [3.63, 3.8) is 0 Å². The Morgan fingerprint density at radius 1 is 1.14 bits per heavy atom. The van der Waals surface area contributed by atoms with E-state index in [0.29, 0.717) is 5.69 Å². The van der Waals surface area contributed by atoms with E-state index in [0.717, 1.165) is 17.7 Å². The molecule has 0 amide bonds. The average molecular weight is 468 g/mol. The van der Waals surface area contributed by atoms with E-state index in [1.54, 1.807) is 12.1 Å². The Bertz CT molecular complexity index is 754. The summed E-state index contributed by atoms with van der Waals surface area (Å²) in [5, 5.41) is 0. The van der Waals surface area contributed by atoms with E-state index in [4.69, 9.17) is 6.57 Å². The van der Waals surface area contributed by atoms with Gasteiger partial charge >= 0.3 is 0 Å². The molecule has 0 spiro atoms. The van der Waals surface area contributed by atoms with Crippen LogP contribution in [0.1, 0.15) is 45.2 Å². The van der Waals surface area contributed by atoms with E-state index >= 15 is 0 Å². The number of rotatable bonds is 1. The Labute approximate surface area is 146 Å². The van der Waals surface area contributed by atoms with Gasteiger partial charge in [-0.25, -0.2) is 0 Å². The van der Waals surface area contributed by atoms with E-state index in [2.05, 4.69) is 49.7 Å². The summed E-state index contributed by atoms with van der Waals surface area (Å²) >= 11 is 0. The number of fused-ring (bicyclic) bond motifs is 1. The molecule has 1 radical (unpaired) electrons. The zero-order chi connectivity index (χ0) is 15.3. The molecule has 0 saturated heterocycles. The Morgan fingerprint density at radius 2 is 1.82 bits per heavy atom. The van der Waals surface area contributed by atoms with Gasteiger partial charge in [-0.3, -0.25) is 4.85 Å². The van der Waals surface area contributed by atoms with Gasteiger partial charge < -0.3 is 4.98 Å². The van der Waals surface area contributed by atoms with Gasteiger partial charge in [0.25, 0.3) is 0 Å². The van der Waals surface area contributed by atoms with Crippen molar-refractivity contribution in [1.29, 1.82) is 0 Å². The Morgan fingerprint density at radius 3 is 2.50 bits per heavy atom. The van der Waals surface area contributed by atoms with Gasteiger partial charge in [-0.15, -0.1) is 23.8 Å². The molecule has 2 aromatic rings. The molecule has 3 heteroatoms. The Kier molecular flexibility index (Phi) is 4.30. The minimum atomic E-state index is 0. The molecule has 0 N–H and O–H groups in total. The SMILES string of the molecule is [C-]#[N+]c1cc[c-]c(-c2cc3c(cn2)C(C)(C)CC3(C)C)c1.[Ir]. The zero-order valence-corrected chi connectivity index (χ0v) is 15.7. The molecule has 0 aliphatic heterocycles. The molecule has 1 heterocycles. The Hall–Kier alpha value is -1.49. The summed E-state index contributed by atoms with van der Waals surface area (Å²) in [5.41, 5.74) is 5.49. The number of aromatic nitrogens is 1. The van der Waals surface area contributed by atoms with Crippen molar-refractivity contribution in [2.45, 2.75) is 44.9 Å². The van der Waals surface area contributed by atoms with E-state index in [1.165, 1.54) is 11.1 Å². The van der Waals surface area contributed by atoms with Gasteiger partial charge in [0.1, 0.15) is 5.69 Å². The molecule has 1 aliphatic rings. The van der Waals surface area contributed by atoms with Crippen molar-refractivity contribution >= 4 is 5.69 Å². The second-order valence-corrected chi connectivity index (χ2v) is 7.13. The molecule has 0 saturated carbocycles. The molecule has 3 rings (SSSR count). The van der Waals surface area contributed by atoms with Gasteiger partial charge in [0.2, 0.25) is 0 Å². The smallest absolute Gasteiger partial charge is 0.108 e. The maximum absolute atomic E-state index is 7.13. The van der Waals surface area contributed by atoms with E-state index < -0.39 is 0 Å². The molecule has 0 atom stereocenters. The number of benzene rings is 1. The van der Waals surface area contributed by atoms with Crippen LogP contribution in [0.2, 0.25) is 0 Å². The van der Waals surface area contributed by atoms with Gasteiger partial charge in [-0.1, -0.05) is 33.8 Å². The van der Waals surface area contributed by atoms with Crippen LogP contribution < -0.4 is 0 Å². The summed E-state index contributed by atoms with van der Waals surface area (Å²) in [6.45, 7) is 16.3. The van der Waals surface area contributed by atoms with Gasteiger partial charge in [0, 0.05) is 26.3 Å². The normalized spacial score (nSPS) is 17.2. The number of hydrogen-bond acceptors (Lipinski definition) is 1. The summed E-state index contributed by atoms with van der Waals surface area (Å²) in [6.07, 6.45) is 3.14. The first kappa shape index (κ1) is 16.9. The second kappa shape index (κ2) is 5.61.